The Kier molecular flexibility index (Phi) is 10.1. The first-order valence-electron chi connectivity index (χ1n) is 8.32. The van der Waals surface area contributed by atoms with Crippen molar-refractivity contribution in [3.63, 3.8) is 0 Å². The third-order valence-electron chi connectivity index (χ3n) is 4.06. The van der Waals surface area contributed by atoms with Crippen molar-refractivity contribution in [2.75, 3.05) is 6.61 Å². The van der Waals surface area contributed by atoms with Gasteiger partial charge in [-0.05, 0) is 43.6 Å². The number of rotatable bonds is 10. The summed E-state index contributed by atoms with van der Waals surface area (Å²) in [5, 5.41) is 0. The van der Waals surface area contributed by atoms with Crippen LogP contribution in [0.25, 0.3) is 0 Å². The molecule has 0 spiro atoms. The molecule has 122 valence electrons. The van der Waals surface area contributed by atoms with E-state index in [-0.39, 0.29) is 5.97 Å². The van der Waals surface area contributed by atoms with Gasteiger partial charge >= 0.3 is 5.97 Å². The fraction of sp³-hybridized carbons (Fsp3) is 0.737. The quantitative estimate of drug-likeness (QED) is 0.294. The van der Waals surface area contributed by atoms with Crippen LogP contribution in [0.4, 0.5) is 0 Å². The number of hydrogen-bond donors (Lipinski definition) is 0. The van der Waals surface area contributed by atoms with Crippen molar-refractivity contribution in [1.29, 1.82) is 0 Å². The van der Waals surface area contributed by atoms with Crippen molar-refractivity contribution < 1.29 is 9.53 Å². The summed E-state index contributed by atoms with van der Waals surface area (Å²) in [6.45, 7) is 13.4. The molecule has 2 heteroatoms. The lowest BCUT2D eigenvalue weighted by Crippen LogP contribution is -2.09. The topological polar surface area (TPSA) is 26.3 Å². The molecular weight excluding hydrogens is 260 g/mol. The second-order valence-electron chi connectivity index (χ2n) is 6.79. The minimum Gasteiger partial charge on any atom is -0.463 e. The molecule has 1 unspecified atom stereocenters. The lowest BCUT2D eigenvalue weighted by Gasteiger charge is -2.23. The molecule has 0 fully saturated rings. The van der Waals surface area contributed by atoms with Crippen LogP contribution in [0.15, 0.2) is 23.8 Å². The van der Waals surface area contributed by atoms with E-state index in [1.165, 1.54) is 25.7 Å². The van der Waals surface area contributed by atoms with Gasteiger partial charge in [-0.15, -0.1) is 0 Å². The first-order valence-corrected chi connectivity index (χ1v) is 8.32. The molecule has 0 saturated heterocycles. The van der Waals surface area contributed by atoms with E-state index in [1.54, 1.807) is 6.08 Å². The van der Waals surface area contributed by atoms with E-state index in [1.807, 2.05) is 19.9 Å². The normalized spacial score (nSPS) is 14.5. The number of allylic oxidation sites excluding steroid dienone is 3. The Morgan fingerprint density at radius 2 is 1.95 bits per heavy atom. The van der Waals surface area contributed by atoms with Gasteiger partial charge in [0.15, 0.2) is 0 Å². The van der Waals surface area contributed by atoms with Gasteiger partial charge in [0.1, 0.15) is 0 Å². The first kappa shape index (κ1) is 19.9. The number of carbonyl (C=O) groups excluding carboxylic acids is 1. The molecule has 0 rings (SSSR count). The zero-order valence-corrected chi connectivity index (χ0v) is 14.9. The number of carbonyl (C=O) groups is 1. The minimum atomic E-state index is -0.255. The van der Waals surface area contributed by atoms with Crippen LogP contribution in [-0.2, 0) is 9.53 Å². The molecule has 0 saturated carbocycles. The molecule has 0 aromatic rings. The van der Waals surface area contributed by atoms with E-state index in [0.717, 1.165) is 12.0 Å². The maximum atomic E-state index is 11.3. The van der Waals surface area contributed by atoms with Crippen LogP contribution in [0.2, 0.25) is 0 Å². The van der Waals surface area contributed by atoms with Crippen LogP contribution in [0.5, 0.6) is 0 Å². The predicted molar refractivity (Wildman–Crippen MR) is 91.2 cm³/mol. The van der Waals surface area contributed by atoms with Gasteiger partial charge in [0.2, 0.25) is 0 Å². The fourth-order valence-electron chi connectivity index (χ4n) is 2.13. The highest BCUT2D eigenvalue weighted by Gasteiger charge is 2.14. The summed E-state index contributed by atoms with van der Waals surface area (Å²) in [6, 6.07) is 0. The average Bonchev–Trinajstić information content (AvgIpc) is 2.38. The van der Waals surface area contributed by atoms with Crippen LogP contribution < -0.4 is 0 Å². The van der Waals surface area contributed by atoms with Crippen molar-refractivity contribution in [1.82, 2.24) is 0 Å². The fourth-order valence-corrected chi connectivity index (χ4v) is 2.13. The van der Waals surface area contributed by atoms with Gasteiger partial charge in [0, 0.05) is 6.08 Å². The average molecular weight is 294 g/mol. The molecule has 0 N–H and O–H groups in total. The molecule has 0 radical (unpaired) electrons. The summed E-state index contributed by atoms with van der Waals surface area (Å²) < 4.78 is 4.89. The number of esters is 1. The van der Waals surface area contributed by atoms with Gasteiger partial charge < -0.3 is 4.74 Å². The van der Waals surface area contributed by atoms with Gasteiger partial charge in [0.05, 0.1) is 6.61 Å². The summed E-state index contributed by atoms with van der Waals surface area (Å²) in [4.78, 5) is 11.3. The van der Waals surface area contributed by atoms with Crippen LogP contribution in [0.3, 0.4) is 0 Å². The summed E-state index contributed by atoms with van der Waals surface area (Å²) in [6.07, 6.45) is 11.9. The van der Waals surface area contributed by atoms with Gasteiger partial charge in [-0.2, -0.15) is 0 Å². The molecular formula is C19H34O2. The molecule has 21 heavy (non-hydrogen) atoms. The van der Waals surface area contributed by atoms with E-state index in [9.17, 15) is 4.79 Å². The molecule has 0 aromatic carbocycles. The Bertz CT molecular complexity index is 351. The lowest BCUT2D eigenvalue weighted by atomic mass is 9.83. The van der Waals surface area contributed by atoms with Crippen molar-refractivity contribution in [3.8, 4) is 0 Å². The largest absolute Gasteiger partial charge is 0.463 e. The zero-order chi connectivity index (χ0) is 16.3. The monoisotopic (exact) mass is 294 g/mol. The van der Waals surface area contributed by atoms with Crippen LogP contribution in [0.1, 0.15) is 73.6 Å². The Morgan fingerprint density at radius 3 is 2.52 bits per heavy atom. The zero-order valence-electron chi connectivity index (χ0n) is 14.9. The third kappa shape index (κ3) is 11.3. The van der Waals surface area contributed by atoms with Crippen molar-refractivity contribution >= 4 is 5.97 Å². The van der Waals surface area contributed by atoms with Gasteiger partial charge in [-0.1, -0.05) is 59.1 Å². The van der Waals surface area contributed by atoms with Crippen LogP contribution in [-0.4, -0.2) is 12.6 Å². The van der Waals surface area contributed by atoms with E-state index in [2.05, 4.69) is 33.8 Å². The molecule has 1 atom stereocenters. The third-order valence-corrected chi connectivity index (χ3v) is 4.06. The predicted octanol–water partition coefficient (Wildman–Crippen LogP) is 5.68. The van der Waals surface area contributed by atoms with E-state index in [0.29, 0.717) is 17.9 Å². The Hall–Kier alpha value is -1.05. The molecule has 0 bridgehead atoms. The Labute approximate surface area is 131 Å². The Morgan fingerprint density at radius 1 is 1.29 bits per heavy atom. The summed E-state index contributed by atoms with van der Waals surface area (Å²) in [7, 11) is 0. The molecule has 0 heterocycles. The van der Waals surface area contributed by atoms with Crippen molar-refractivity contribution in [2.45, 2.75) is 73.6 Å². The van der Waals surface area contributed by atoms with Gasteiger partial charge in [-0.3, -0.25) is 0 Å². The first-order chi connectivity index (χ1) is 9.80. The van der Waals surface area contributed by atoms with E-state index in [4.69, 9.17) is 4.74 Å². The van der Waals surface area contributed by atoms with Crippen molar-refractivity contribution in [3.05, 3.63) is 23.8 Å². The van der Waals surface area contributed by atoms with Crippen molar-refractivity contribution in [2.24, 2.45) is 11.3 Å². The second-order valence-corrected chi connectivity index (χ2v) is 6.79. The summed E-state index contributed by atoms with van der Waals surface area (Å²) in [5.74, 6) is 0.443. The second kappa shape index (κ2) is 10.6. The highest BCUT2D eigenvalue weighted by atomic mass is 16.5. The van der Waals surface area contributed by atoms with Crippen LogP contribution in [0, 0.1) is 11.3 Å². The summed E-state index contributed by atoms with van der Waals surface area (Å²) >= 11 is 0. The highest BCUT2D eigenvalue weighted by Crippen LogP contribution is 2.28. The lowest BCUT2D eigenvalue weighted by molar-refractivity contribution is -0.137. The van der Waals surface area contributed by atoms with Gasteiger partial charge in [0.25, 0.3) is 0 Å². The minimum absolute atomic E-state index is 0.255. The molecule has 0 aliphatic rings. The maximum Gasteiger partial charge on any atom is 0.330 e. The number of hydrogen-bond acceptors (Lipinski definition) is 2. The van der Waals surface area contributed by atoms with Crippen LogP contribution >= 0.6 is 0 Å². The maximum absolute atomic E-state index is 11.3. The smallest absolute Gasteiger partial charge is 0.330 e. The SMILES string of the molecule is CCOC(=O)C=C(C)C=CCC(C)CCCC(C)(C)CC. The van der Waals surface area contributed by atoms with E-state index < -0.39 is 0 Å². The van der Waals surface area contributed by atoms with Gasteiger partial charge in [-0.25, -0.2) is 4.79 Å². The highest BCUT2D eigenvalue weighted by molar-refractivity contribution is 5.83. The molecule has 0 amide bonds. The number of ether oxygens (including phenoxy) is 1. The summed E-state index contributed by atoms with van der Waals surface area (Å²) in [5.41, 5.74) is 1.43. The molecule has 0 aliphatic carbocycles. The molecule has 0 aromatic heterocycles. The van der Waals surface area contributed by atoms with E-state index >= 15 is 0 Å². The molecule has 2 nitrogen and oxygen atoms in total. The standard InChI is InChI=1S/C19H34O2/c1-7-19(5,6)14-10-13-16(3)11-9-12-17(4)15-18(20)21-8-2/h9,12,15-16H,7-8,10-11,13-14H2,1-6H3. The molecule has 0 aliphatic heterocycles. The Balaban J connectivity index is 3.99.